The largest absolute Gasteiger partial charge is 0.294 e. The first-order valence-electron chi connectivity index (χ1n) is 5.60. The summed E-state index contributed by atoms with van der Waals surface area (Å²) in [5.41, 5.74) is 1.32. The molecule has 0 unspecified atom stereocenters. The zero-order valence-electron chi connectivity index (χ0n) is 9.91. The van der Waals surface area contributed by atoms with Gasteiger partial charge in [0.15, 0.2) is 5.78 Å². The summed E-state index contributed by atoms with van der Waals surface area (Å²) in [5.74, 6) is -1.16. The lowest BCUT2D eigenvalue weighted by molar-refractivity contribution is 0.0991. The van der Waals surface area contributed by atoms with Gasteiger partial charge in [-0.05, 0) is 36.2 Å². The summed E-state index contributed by atoms with van der Waals surface area (Å²) in [7, 11) is 0. The Labute approximate surface area is 104 Å². The van der Waals surface area contributed by atoms with Crippen LogP contribution >= 0.6 is 0 Å². The first kappa shape index (κ1) is 12.4. The van der Waals surface area contributed by atoms with Crippen LogP contribution in [0.1, 0.15) is 21.5 Å². The van der Waals surface area contributed by atoms with Gasteiger partial charge in [0.2, 0.25) is 0 Å². The van der Waals surface area contributed by atoms with E-state index in [0.29, 0.717) is 16.7 Å². The average molecular weight is 246 g/mol. The fourth-order valence-corrected chi connectivity index (χ4v) is 1.80. The summed E-state index contributed by atoms with van der Waals surface area (Å²) < 4.78 is 26.5. The Morgan fingerprint density at radius 3 is 2.56 bits per heavy atom. The minimum absolute atomic E-state index is 0.0586. The SMILES string of the molecule is Cc1ccc(F)cc1C(=O)Cc1ccccc1F. The average Bonchev–Trinajstić information content (AvgIpc) is 2.35. The maximum atomic E-state index is 13.4. The zero-order chi connectivity index (χ0) is 13.1. The van der Waals surface area contributed by atoms with Gasteiger partial charge in [0.05, 0.1) is 0 Å². The van der Waals surface area contributed by atoms with Crippen molar-refractivity contribution < 1.29 is 13.6 Å². The highest BCUT2D eigenvalue weighted by atomic mass is 19.1. The van der Waals surface area contributed by atoms with Crippen molar-refractivity contribution in [3.8, 4) is 0 Å². The summed E-state index contributed by atoms with van der Waals surface area (Å²) >= 11 is 0. The lowest BCUT2D eigenvalue weighted by atomic mass is 9.99. The van der Waals surface area contributed by atoms with Crippen LogP contribution in [-0.2, 0) is 6.42 Å². The van der Waals surface area contributed by atoms with Crippen molar-refractivity contribution >= 4 is 5.78 Å². The molecule has 2 aromatic rings. The Balaban J connectivity index is 2.28. The number of hydrogen-bond acceptors (Lipinski definition) is 1. The van der Waals surface area contributed by atoms with E-state index in [9.17, 15) is 13.6 Å². The highest BCUT2D eigenvalue weighted by Crippen LogP contribution is 2.15. The smallest absolute Gasteiger partial charge is 0.167 e. The van der Waals surface area contributed by atoms with E-state index >= 15 is 0 Å². The molecular weight excluding hydrogens is 234 g/mol. The van der Waals surface area contributed by atoms with Crippen LogP contribution in [0.4, 0.5) is 8.78 Å². The van der Waals surface area contributed by atoms with Gasteiger partial charge in [0.1, 0.15) is 11.6 Å². The highest BCUT2D eigenvalue weighted by molar-refractivity contribution is 5.98. The van der Waals surface area contributed by atoms with Crippen LogP contribution in [0.25, 0.3) is 0 Å². The normalized spacial score (nSPS) is 10.4. The third kappa shape index (κ3) is 2.62. The number of carbonyl (C=O) groups is 1. The van der Waals surface area contributed by atoms with Gasteiger partial charge in [-0.25, -0.2) is 8.78 Å². The third-order valence-corrected chi connectivity index (χ3v) is 2.81. The van der Waals surface area contributed by atoms with E-state index in [-0.39, 0.29) is 12.2 Å². The zero-order valence-corrected chi connectivity index (χ0v) is 9.91. The molecule has 0 atom stereocenters. The van der Waals surface area contributed by atoms with Crippen LogP contribution in [0.3, 0.4) is 0 Å². The quantitative estimate of drug-likeness (QED) is 0.755. The van der Waals surface area contributed by atoms with Crippen molar-refractivity contribution in [1.29, 1.82) is 0 Å². The minimum Gasteiger partial charge on any atom is -0.294 e. The van der Waals surface area contributed by atoms with Gasteiger partial charge >= 0.3 is 0 Å². The van der Waals surface area contributed by atoms with Gasteiger partial charge in [0.25, 0.3) is 0 Å². The molecular formula is C15H12F2O. The molecule has 0 aliphatic heterocycles. The molecule has 18 heavy (non-hydrogen) atoms. The number of aryl methyl sites for hydroxylation is 1. The van der Waals surface area contributed by atoms with E-state index in [1.165, 1.54) is 18.2 Å². The molecule has 0 bridgehead atoms. The van der Waals surface area contributed by atoms with Crippen LogP contribution < -0.4 is 0 Å². The van der Waals surface area contributed by atoms with E-state index in [4.69, 9.17) is 0 Å². The maximum Gasteiger partial charge on any atom is 0.167 e. The summed E-state index contributed by atoms with van der Waals surface area (Å²) in [6, 6.07) is 10.1. The fraction of sp³-hybridized carbons (Fsp3) is 0.133. The van der Waals surface area contributed by atoms with Crippen molar-refractivity contribution in [3.63, 3.8) is 0 Å². The molecule has 0 amide bonds. The van der Waals surface area contributed by atoms with Gasteiger partial charge in [-0.15, -0.1) is 0 Å². The van der Waals surface area contributed by atoms with Crippen LogP contribution in [0.2, 0.25) is 0 Å². The second-order valence-corrected chi connectivity index (χ2v) is 4.15. The molecule has 0 aliphatic rings. The number of ketones is 1. The number of benzene rings is 2. The van der Waals surface area contributed by atoms with Crippen molar-refractivity contribution in [2.45, 2.75) is 13.3 Å². The molecule has 92 valence electrons. The number of halogens is 2. The number of carbonyl (C=O) groups excluding carboxylic acids is 1. The molecule has 0 radical (unpaired) electrons. The molecule has 2 aromatic carbocycles. The molecule has 0 fully saturated rings. The molecule has 0 aromatic heterocycles. The van der Waals surface area contributed by atoms with Gasteiger partial charge in [0, 0.05) is 12.0 Å². The maximum absolute atomic E-state index is 13.4. The first-order valence-corrected chi connectivity index (χ1v) is 5.60. The predicted octanol–water partition coefficient (Wildman–Crippen LogP) is 3.70. The van der Waals surface area contributed by atoms with E-state index in [1.54, 1.807) is 31.2 Å². The third-order valence-electron chi connectivity index (χ3n) is 2.81. The first-order chi connectivity index (χ1) is 8.58. The Morgan fingerprint density at radius 1 is 1.11 bits per heavy atom. The highest BCUT2D eigenvalue weighted by Gasteiger charge is 2.13. The molecule has 0 saturated heterocycles. The second kappa shape index (κ2) is 5.08. The molecule has 2 rings (SSSR count). The summed E-state index contributed by atoms with van der Waals surface area (Å²) in [6.45, 7) is 1.73. The number of Topliss-reactive ketones (excluding diaryl/α,β-unsaturated/α-hetero) is 1. The Morgan fingerprint density at radius 2 is 1.83 bits per heavy atom. The van der Waals surface area contributed by atoms with E-state index in [1.807, 2.05) is 0 Å². The monoisotopic (exact) mass is 246 g/mol. The molecule has 0 aliphatic carbocycles. The van der Waals surface area contributed by atoms with Crippen molar-refractivity contribution in [3.05, 3.63) is 70.8 Å². The molecule has 0 heterocycles. The lowest BCUT2D eigenvalue weighted by Gasteiger charge is -2.06. The Hall–Kier alpha value is -2.03. The van der Waals surface area contributed by atoms with Crippen LogP contribution in [0.15, 0.2) is 42.5 Å². The molecule has 3 heteroatoms. The van der Waals surface area contributed by atoms with E-state index in [2.05, 4.69) is 0 Å². The fourth-order valence-electron chi connectivity index (χ4n) is 1.80. The van der Waals surface area contributed by atoms with E-state index < -0.39 is 11.6 Å². The number of hydrogen-bond donors (Lipinski definition) is 0. The van der Waals surface area contributed by atoms with Crippen LogP contribution in [0, 0.1) is 18.6 Å². The van der Waals surface area contributed by atoms with Gasteiger partial charge < -0.3 is 0 Å². The second-order valence-electron chi connectivity index (χ2n) is 4.15. The van der Waals surface area contributed by atoms with Gasteiger partial charge in [-0.1, -0.05) is 24.3 Å². The Bertz CT molecular complexity index is 591. The van der Waals surface area contributed by atoms with Crippen LogP contribution in [-0.4, -0.2) is 5.78 Å². The van der Waals surface area contributed by atoms with Crippen molar-refractivity contribution in [2.75, 3.05) is 0 Å². The Kier molecular flexibility index (Phi) is 3.51. The van der Waals surface area contributed by atoms with Gasteiger partial charge in [-0.2, -0.15) is 0 Å². The summed E-state index contributed by atoms with van der Waals surface area (Å²) in [6.07, 6.45) is -0.0586. The molecule has 1 nitrogen and oxygen atoms in total. The molecule has 0 N–H and O–H groups in total. The van der Waals surface area contributed by atoms with Crippen molar-refractivity contribution in [2.24, 2.45) is 0 Å². The standard InChI is InChI=1S/C15H12F2O/c1-10-6-7-12(16)9-13(10)15(18)8-11-4-2-3-5-14(11)17/h2-7,9H,8H2,1H3. The summed E-state index contributed by atoms with van der Waals surface area (Å²) in [4.78, 5) is 12.0. The molecule has 0 spiro atoms. The molecule has 0 saturated carbocycles. The lowest BCUT2D eigenvalue weighted by Crippen LogP contribution is -2.07. The van der Waals surface area contributed by atoms with Gasteiger partial charge in [-0.3, -0.25) is 4.79 Å². The summed E-state index contributed by atoms with van der Waals surface area (Å²) in [5, 5.41) is 0. The topological polar surface area (TPSA) is 17.1 Å². The number of rotatable bonds is 3. The van der Waals surface area contributed by atoms with Crippen molar-refractivity contribution in [1.82, 2.24) is 0 Å². The minimum atomic E-state index is -0.461. The van der Waals surface area contributed by atoms with Crippen LogP contribution in [0.5, 0.6) is 0 Å². The predicted molar refractivity (Wildman–Crippen MR) is 65.6 cm³/mol. The van der Waals surface area contributed by atoms with E-state index in [0.717, 1.165) is 0 Å².